The van der Waals surface area contributed by atoms with Crippen molar-refractivity contribution >= 4 is 20.8 Å². The molecule has 0 aromatic rings. The second kappa shape index (κ2) is 10.4. The van der Waals surface area contributed by atoms with Crippen LogP contribution in [0.15, 0.2) is 60.3 Å². The number of hydrogen-bond acceptors (Lipinski definition) is 2. The first-order valence-corrected chi connectivity index (χ1v) is 7.38. The maximum Gasteiger partial charge on any atom is 0.332 e. The zero-order valence-corrected chi connectivity index (χ0v) is 13.2. The first-order valence-electron chi connectivity index (χ1n) is 6.23. The predicted octanol–water partition coefficient (Wildman–Crippen LogP) is 2.00. The summed E-state index contributed by atoms with van der Waals surface area (Å²) in [7, 11) is -0.389. The molecule has 0 radical (unpaired) electrons. The number of allylic oxidation sites excluding steroid dienone is 8. The molecule has 0 heterocycles. The topological polar surface area (TPSA) is 66.4 Å². The van der Waals surface area contributed by atoms with Gasteiger partial charge < -0.3 is 10.4 Å². The highest BCUT2D eigenvalue weighted by molar-refractivity contribution is 6.33. The SMILES string of the molecule is C#[Si]C(NC(=O)/C(C)=C/C=C\C(C)=C/C=C\C=C)C(=O)O. The van der Waals surface area contributed by atoms with Gasteiger partial charge in [-0.3, -0.25) is 4.79 Å². The number of hydrogen-bond donors (Lipinski definition) is 2. The van der Waals surface area contributed by atoms with E-state index in [1.807, 2.05) is 31.2 Å². The second-order valence-corrected chi connectivity index (χ2v) is 5.06. The van der Waals surface area contributed by atoms with Gasteiger partial charge in [0.15, 0.2) is 5.67 Å². The third kappa shape index (κ3) is 8.42. The molecule has 1 amide bonds. The molecule has 0 bridgehead atoms. The van der Waals surface area contributed by atoms with Crippen LogP contribution in [0.1, 0.15) is 13.8 Å². The Morgan fingerprint density at radius 3 is 2.43 bits per heavy atom. The maximum atomic E-state index is 11.7. The maximum absolute atomic E-state index is 11.7. The molecule has 5 heteroatoms. The third-order valence-electron chi connectivity index (χ3n) is 2.36. The number of carbonyl (C=O) groups is 2. The van der Waals surface area contributed by atoms with Gasteiger partial charge >= 0.3 is 5.97 Å². The highest BCUT2D eigenvalue weighted by Gasteiger charge is 2.16. The average Bonchev–Trinajstić information content (AvgIpc) is 2.44. The number of nitrogens with one attached hydrogen (secondary N) is 1. The lowest BCUT2D eigenvalue weighted by Gasteiger charge is -2.08. The minimum absolute atomic E-state index is 0.389. The van der Waals surface area contributed by atoms with E-state index in [1.165, 1.54) is 0 Å². The molecule has 1 unspecified atom stereocenters. The summed E-state index contributed by atoms with van der Waals surface area (Å²) < 4.78 is 0. The van der Waals surface area contributed by atoms with Crippen molar-refractivity contribution in [1.82, 2.24) is 5.32 Å². The van der Waals surface area contributed by atoms with Gasteiger partial charge in [-0.2, -0.15) is 6.00 Å². The highest BCUT2D eigenvalue weighted by Crippen LogP contribution is 1.99. The monoisotopic (exact) mass is 301 g/mol. The molecular weight excluding hydrogens is 282 g/mol. The molecule has 0 aliphatic heterocycles. The van der Waals surface area contributed by atoms with E-state index in [-0.39, 0.29) is 8.96 Å². The Labute approximate surface area is 127 Å². The van der Waals surface area contributed by atoms with Gasteiger partial charge in [-0.25, -0.2) is 4.79 Å². The Hall–Kier alpha value is -2.36. The molecule has 0 rings (SSSR count). The van der Waals surface area contributed by atoms with E-state index in [9.17, 15) is 9.59 Å². The summed E-state index contributed by atoms with van der Waals surface area (Å²) in [5.41, 5.74) is 0.366. The van der Waals surface area contributed by atoms with Crippen LogP contribution in [-0.4, -0.2) is 31.6 Å². The zero-order valence-electron chi connectivity index (χ0n) is 12.2. The number of rotatable bonds is 7. The van der Waals surface area contributed by atoms with E-state index in [2.05, 4.69) is 11.9 Å². The molecule has 0 saturated carbocycles. The van der Waals surface area contributed by atoms with Crippen LogP contribution in [-0.2, 0) is 9.59 Å². The Morgan fingerprint density at radius 2 is 1.90 bits per heavy atom. The van der Waals surface area contributed by atoms with Gasteiger partial charge in [-0.1, -0.05) is 54.7 Å². The van der Waals surface area contributed by atoms with Crippen molar-refractivity contribution in [2.24, 2.45) is 0 Å². The molecule has 2 N–H and O–H groups in total. The molecule has 0 aromatic heterocycles. The molecule has 0 saturated heterocycles. The van der Waals surface area contributed by atoms with Crippen molar-refractivity contribution < 1.29 is 14.7 Å². The Balaban J connectivity index is 4.68. The summed E-state index contributed by atoms with van der Waals surface area (Å²) in [4.78, 5) is 22.5. The summed E-state index contributed by atoms with van der Waals surface area (Å²) in [5.74, 6) is -1.58. The largest absolute Gasteiger partial charge is 0.479 e. The number of amides is 1. The summed E-state index contributed by atoms with van der Waals surface area (Å²) >= 11 is 0. The van der Waals surface area contributed by atoms with Crippen LogP contribution < -0.4 is 5.32 Å². The lowest BCUT2D eigenvalue weighted by molar-refractivity contribution is -0.138. The minimum Gasteiger partial charge on any atom is -0.479 e. The fourth-order valence-electron chi connectivity index (χ4n) is 1.18. The zero-order chi connectivity index (χ0) is 16.3. The fraction of sp³-hybridized carbons (Fsp3) is 0.188. The lowest BCUT2D eigenvalue weighted by atomic mass is 10.2. The Bertz CT molecular complexity index is 563. The van der Waals surface area contributed by atoms with Crippen molar-refractivity contribution in [1.29, 1.82) is 0 Å². The molecule has 0 spiro atoms. The van der Waals surface area contributed by atoms with Gasteiger partial charge in [-0.15, -0.1) is 0 Å². The standard InChI is InChI=1S/C16H19NO3Si/c1-5-6-7-9-12(2)10-8-11-13(3)14(18)17-15(21-4)16(19)20/h4-11,15H,1H2,2-3H3,(H,17,18)(H,19,20)/b7-6-,10-8-,12-9-,13-11+. The first-order chi connectivity index (χ1) is 9.92. The molecule has 0 aromatic carbocycles. The third-order valence-corrected chi connectivity index (χ3v) is 3.08. The van der Waals surface area contributed by atoms with Gasteiger partial charge in [0.25, 0.3) is 0 Å². The van der Waals surface area contributed by atoms with Crippen molar-refractivity contribution in [2.45, 2.75) is 19.5 Å². The number of carboxylic acid groups (broad SMARTS) is 1. The second-order valence-electron chi connectivity index (χ2n) is 4.15. The van der Waals surface area contributed by atoms with Crippen molar-refractivity contribution in [2.75, 3.05) is 0 Å². The minimum atomic E-state index is -1.14. The molecule has 110 valence electrons. The summed E-state index contributed by atoms with van der Waals surface area (Å²) in [6.45, 7) is 7.09. The molecule has 1 atom stereocenters. The van der Waals surface area contributed by atoms with Gasteiger partial charge in [-0.05, 0) is 13.8 Å². The fourth-order valence-corrected chi connectivity index (χ4v) is 1.54. The van der Waals surface area contributed by atoms with E-state index in [4.69, 9.17) is 11.1 Å². The molecule has 21 heavy (non-hydrogen) atoms. The molecule has 4 nitrogen and oxygen atoms in total. The lowest BCUT2D eigenvalue weighted by Crippen LogP contribution is -2.42. The first kappa shape index (κ1) is 18.6. The number of carbonyl (C=O) groups excluding carboxylic acids is 1. The van der Waals surface area contributed by atoms with Crippen LogP contribution in [0.25, 0.3) is 0 Å². The molecule has 0 fully saturated rings. The number of aliphatic carboxylic acids is 1. The van der Waals surface area contributed by atoms with Crippen molar-refractivity contribution in [3.05, 3.63) is 60.3 Å². The average molecular weight is 301 g/mol. The molecule has 0 aliphatic rings. The Morgan fingerprint density at radius 1 is 1.24 bits per heavy atom. The van der Waals surface area contributed by atoms with E-state index in [1.54, 1.807) is 25.2 Å². The van der Waals surface area contributed by atoms with Crippen molar-refractivity contribution in [3.8, 4) is 6.00 Å². The molecule has 0 aliphatic carbocycles. The van der Waals surface area contributed by atoms with E-state index in [0.717, 1.165) is 5.57 Å². The van der Waals surface area contributed by atoms with E-state index in [0.29, 0.717) is 5.57 Å². The quantitative estimate of drug-likeness (QED) is 0.429. The van der Waals surface area contributed by atoms with Gasteiger partial charge in [0.1, 0.15) is 0 Å². The van der Waals surface area contributed by atoms with Crippen LogP contribution in [0.2, 0.25) is 0 Å². The normalized spacial score (nSPS) is 14.0. The van der Waals surface area contributed by atoms with Crippen LogP contribution in [0, 0.1) is 6.00 Å². The van der Waals surface area contributed by atoms with Crippen LogP contribution in [0.5, 0.6) is 0 Å². The van der Waals surface area contributed by atoms with Gasteiger partial charge in [0, 0.05) is 14.5 Å². The number of carboxylic acids is 1. The van der Waals surface area contributed by atoms with Crippen LogP contribution in [0.4, 0.5) is 0 Å². The van der Waals surface area contributed by atoms with Gasteiger partial charge in [0.05, 0.1) is 0 Å². The van der Waals surface area contributed by atoms with Crippen LogP contribution in [0.3, 0.4) is 0 Å². The smallest absolute Gasteiger partial charge is 0.332 e. The molecular formula is C16H19NO3Si. The summed E-state index contributed by atoms with van der Waals surface area (Å²) in [5, 5.41) is 11.2. The van der Waals surface area contributed by atoms with Crippen LogP contribution >= 0.6 is 0 Å². The van der Waals surface area contributed by atoms with Gasteiger partial charge in [0.2, 0.25) is 5.91 Å². The van der Waals surface area contributed by atoms with E-state index < -0.39 is 17.5 Å². The summed E-state index contributed by atoms with van der Waals surface area (Å²) in [6, 6.07) is 5.30. The summed E-state index contributed by atoms with van der Waals surface area (Å²) in [6.07, 6.45) is 12.4. The Kier molecular flexibility index (Phi) is 9.25. The highest BCUT2D eigenvalue weighted by atomic mass is 28.2. The van der Waals surface area contributed by atoms with E-state index >= 15 is 0 Å². The van der Waals surface area contributed by atoms with Crippen molar-refractivity contribution in [3.63, 3.8) is 0 Å². The predicted molar refractivity (Wildman–Crippen MR) is 86.3 cm³/mol.